The molecule has 2 aromatic carbocycles. The van der Waals surface area contributed by atoms with Gasteiger partial charge in [-0.3, -0.25) is 4.79 Å². The van der Waals surface area contributed by atoms with E-state index in [1.807, 2.05) is 72.0 Å². The van der Waals surface area contributed by atoms with Crippen molar-refractivity contribution >= 4 is 28.8 Å². The van der Waals surface area contributed by atoms with Gasteiger partial charge in [0.25, 0.3) is 5.91 Å². The maximum atomic E-state index is 12.9. The fourth-order valence-corrected chi connectivity index (χ4v) is 4.50. The van der Waals surface area contributed by atoms with Gasteiger partial charge in [0.15, 0.2) is 11.8 Å². The number of nitrogens with zero attached hydrogens (tertiary/aromatic N) is 2. The van der Waals surface area contributed by atoms with Crippen LogP contribution in [0.1, 0.15) is 31.0 Å². The van der Waals surface area contributed by atoms with Gasteiger partial charge in [0.1, 0.15) is 5.75 Å². The lowest BCUT2D eigenvalue weighted by atomic mass is 9.94. The summed E-state index contributed by atoms with van der Waals surface area (Å²) in [6.45, 7) is 4.14. The second-order valence-electron chi connectivity index (χ2n) is 7.42. The Kier molecular flexibility index (Phi) is 7.14. The number of hydrogen-bond donors (Lipinski definition) is 1. The molecule has 2 heterocycles. The van der Waals surface area contributed by atoms with Crippen LogP contribution < -0.4 is 10.1 Å². The number of thioether (sulfide) groups is 1. The van der Waals surface area contributed by atoms with Crippen molar-refractivity contribution in [2.24, 2.45) is 4.99 Å². The molecule has 1 N–H and O–H groups in total. The molecule has 0 saturated carbocycles. The largest absolute Gasteiger partial charge is 0.483 e. The Morgan fingerprint density at radius 3 is 2.67 bits per heavy atom. The van der Waals surface area contributed by atoms with E-state index in [2.05, 4.69) is 10.3 Å². The first-order chi connectivity index (χ1) is 16.1. The highest BCUT2D eigenvalue weighted by atomic mass is 32.2. The number of amides is 1. The number of carbonyl (C=O) groups is 2. The fourth-order valence-electron chi connectivity index (χ4n) is 3.70. The van der Waals surface area contributed by atoms with Crippen LogP contribution in [0.4, 0.5) is 0 Å². The number of amidine groups is 1. The number of ether oxygens (including phenoxy) is 2. The summed E-state index contributed by atoms with van der Waals surface area (Å²) in [4.78, 5) is 31.8. The van der Waals surface area contributed by atoms with Crippen LogP contribution in [-0.2, 0) is 20.9 Å². The van der Waals surface area contributed by atoms with E-state index in [4.69, 9.17) is 9.47 Å². The lowest BCUT2D eigenvalue weighted by Gasteiger charge is -2.34. The van der Waals surface area contributed by atoms with Crippen LogP contribution in [0.5, 0.6) is 5.75 Å². The third-order valence-electron chi connectivity index (χ3n) is 5.22. The monoisotopic (exact) mass is 463 g/mol. The van der Waals surface area contributed by atoms with Gasteiger partial charge in [-0.15, -0.1) is 0 Å². The Balaban J connectivity index is 1.55. The van der Waals surface area contributed by atoms with Gasteiger partial charge < -0.3 is 19.7 Å². The van der Waals surface area contributed by atoms with Gasteiger partial charge in [0.2, 0.25) is 0 Å². The van der Waals surface area contributed by atoms with Crippen molar-refractivity contribution in [1.82, 2.24) is 10.2 Å². The Morgan fingerprint density at radius 2 is 1.88 bits per heavy atom. The lowest BCUT2D eigenvalue weighted by molar-refractivity contribution is -0.139. The number of esters is 1. The molecule has 0 saturated heterocycles. The minimum Gasteiger partial charge on any atom is -0.483 e. The summed E-state index contributed by atoms with van der Waals surface area (Å²) in [5, 5.41) is 5.57. The van der Waals surface area contributed by atoms with Crippen LogP contribution in [0.25, 0.3) is 0 Å². The van der Waals surface area contributed by atoms with Gasteiger partial charge in [-0.25, -0.2) is 9.79 Å². The maximum Gasteiger partial charge on any atom is 0.338 e. The molecule has 4 rings (SSSR count). The van der Waals surface area contributed by atoms with Gasteiger partial charge >= 0.3 is 5.97 Å². The van der Waals surface area contributed by atoms with E-state index < -0.39 is 12.0 Å². The maximum absolute atomic E-state index is 12.9. The summed E-state index contributed by atoms with van der Waals surface area (Å²) < 4.78 is 11.3. The van der Waals surface area contributed by atoms with E-state index >= 15 is 0 Å². The summed E-state index contributed by atoms with van der Waals surface area (Å²) in [6.07, 6.45) is 1.89. The van der Waals surface area contributed by atoms with Crippen LogP contribution in [0, 0.1) is 0 Å². The predicted molar refractivity (Wildman–Crippen MR) is 128 cm³/mol. The minimum atomic E-state index is -0.466. The number of rotatable bonds is 8. The zero-order valence-corrected chi connectivity index (χ0v) is 19.3. The van der Waals surface area contributed by atoms with Crippen molar-refractivity contribution in [2.75, 3.05) is 13.2 Å². The van der Waals surface area contributed by atoms with Gasteiger partial charge in [-0.1, -0.05) is 60.3 Å². The quantitative estimate of drug-likeness (QED) is 0.593. The summed E-state index contributed by atoms with van der Waals surface area (Å²) >= 11 is 1.49. The predicted octanol–water partition coefficient (Wildman–Crippen LogP) is 4.15. The van der Waals surface area contributed by atoms with Crippen LogP contribution >= 0.6 is 11.8 Å². The number of nitrogens with one attached hydrogen (secondary N) is 1. The van der Waals surface area contributed by atoms with Gasteiger partial charge in [-0.05, 0) is 30.9 Å². The number of hydrogen-bond acceptors (Lipinski definition) is 7. The first-order valence-corrected chi connectivity index (χ1v) is 11.6. The SMILES string of the molecule is CCOC(=O)C1=C(C)N=C2SC=CN2C1c1ccccc1OCC(=O)NCc1ccccc1. The Morgan fingerprint density at radius 1 is 1.12 bits per heavy atom. The second kappa shape index (κ2) is 10.4. The second-order valence-corrected chi connectivity index (χ2v) is 8.29. The van der Waals surface area contributed by atoms with E-state index in [0.717, 1.165) is 16.3 Å². The van der Waals surface area contributed by atoms with Crippen LogP contribution in [0.2, 0.25) is 0 Å². The molecule has 33 heavy (non-hydrogen) atoms. The molecule has 1 amide bonds. The summed E-state index contributed by atoms with van der Waals surface area (Å²) in [5.74, 6) is -0.115. The number of fused-ring (bicyclic) bond motifs is 1. The molecule has 2 aromatic rings. The van der Waals surface area contributed by atoms with Crippen molar-refractivity contribution in [3.05, 3.63) is 88.6 Å². The third kappa shape index (κ3) is 5.12. The molecule has 7 nitrogen and oxygen atoms in total. The Bertz CT molecular complexity index is 1130. The fraction of sp³-hybridized carbons (Fsp3) is 0.240. The first kappa shape index (κ1) is 22.7. The number of benzene rings is 2. The van der Waals surface area contributed by atoms with Crippen molar-refractivity contribution in [2.45, 2.75) is 26.4 Å². The highest BCUT2D eigenvalue weighted by Gasteiger charge is 2.38. The highest BCUT2D eigenvalue weighted by molar-refractivity contribution is 8.16. The molecule has 0 fully saturated rings. The van der Waals surface area contributed by atoms with E-state index in [0.29, 0.717) is 23.6 Å². The van der Waals surface area contributed by atoms with Gasteiger partial charge in [0.05, 0.1) is 23.9 Å². The Labute approximate surface area is 197 Å². The molecule has 0 spiro atoms. The van der Waals surface area contributed by atoms with E-state index in [1.165, 1.54) is 11.8 Å². The smallest absolute Gasteiger partial charge is 0.338 e. The molecule has 1 atom stereocenters. The van der Waals surface area contributed by atoms with Gasteiger partial charge in [-0.2, -0.15) is 0 Å². The summed E-state index contributed by atoms with van der Waals surface area (Å²) in [6, 6.07) is 16.6. The number of allylic oxidation sites excluding steroid dienone is 1. The van der Waals surface area contributed by atoms with Crippen molar-refractivity contribution < 1.29 is 19.1 Å². The molecule has 8 heteroatoms. The van der Waals surface area contributed by atoms with Crippen molar-refractivity contribution in [3.63, 3.8) is 0 Å². The van der Waals surface area contributed by atoms with Crippen molar-refractivity contribution in [1.29, 1.82) is 0 Å². The van der Waals surface area contributed by atoms with E-state index in [9.17, 15) is 9.59 Å². The van der Waals surface area contributed by atoms with Crippen LogP contribution in [-0.4, -0.2) is 35.2 Å². The molecular weight excluding hydrogens is 438 g/mol. The summed E-state index contributed by atoms with van der Waals surface area (Å²) in [7, 11) is 0. The molecular formula is C25H25N3O4S. The normalized spacial score (nSPS) is 16.8. The topological polar surface area (TPSA) is 80.2 Å². The zero-order valence-electron chi connectivity index (χ0n) is 18.5. The van der Waals surface area contributed by atoms with E-state index in [1.54, 1.807) is 13.0 Å². The highest BCUT2D eigenvalue weighted by Crippen LogP contribution is 2.43. The van der Waals surface area contributed by atoms with Crippen molar-refractivity contribution in [3.8, 4) is 5.75 Å². The standard InChI is InChI=1S/C25H25N3O4S/c1-3-31-24(30)22-17(2)27-25-28(13-14-33-25)23(22)19-11-7-8-12-20(19)32-16-21(29)26-15-18-9-5-4-6-10-18/h4-14,23H,3,15-16H2,1-2H3,(H,26,29). The molecule has 170 valence electrons. The third-order valence-corrected chi connectivity index (χ3v) is 5.99. The lowest BCUT2D eigenvalue weighted by Crippen LogP contribution is -2.34. The molecule has 0 radical (unpaired) electrons. The zero-order chi connectivity index (χ0) is 23.2. The van der Waals surface area contributed by atoms with Crippen LogP contribution in [0.3, 0.4) is 0 Å². The molecule has 0 aliphatic carbocycles. The number of aliphatic imine (C=N–C) groups is 1. The average molecular weight is 464 g/mol. The average Bonchev–Trinajstić information content (AvgIpc) is 3.29. The molecule has 2 aliphatic heterocycles. The molecule has 0 aromatic heterocycles. The molecule has 1 unspecified atom stereocenters. The summed E-state index contributed by atoms with van der Waals surface area (Å²) in [5.41, 5.74) is 2.84. The minimum absolute atomic E-state index is 0.139. The number of carbonyl (C=O) groups excluding carboxylic acids is 2. The molecule has 2 aliphatic rings. The molecule has 0 bridgehead atoms. The Hall–Kier alpha value is -3.52. The van der Waals surface area contributed by atoms with Crippen LogP contribution in [0.15, 0.2) is 82.5 Å². The number of para-hydroxylation sites is 1. The van der Waals surface area contributed by atoms with E-state index in [-0.39, 0.29) is 19.1 Å². The van der Waals surface area contributed by atoms with Gasteiger partial charge in [0, 0.05) is 18.3 Å². The first-order valence-electron chi connectivity index (χ1n) is 10.7.